The van der Waals surface area contributed by atoms with Crippen LogP contribution in [0, 0.1) is 0 Å². The average molecular weight is 408 g/mol. The van der Waals surface area contributed by atoms with E-state index < -0.39 is 0 Å². The molecule has 30 heavy (non-hydrogen) atoms. The van der Waals surface area contributed by atoms with E-state index in [1.54, 1.807) is 0 Å². The van der Waals surface area contributed by atoms with Crippen LogP contribution in [0.25, 0.3) is 11.1 Å². The molecule has 158 valence electrons. The molecule has 1 atom stereocenters. The highest BCUT2D eigenvalue weighted by Gasteiger charge is 2.27. The zero-order valence-corrected chi connectivity index (χ0v) is 17.3. The average Bonchev–Trinajstić information content (AvgIpc) is 3.22. The number of hydrogen-bond acceptors (Lipinski definition) is 4. The molecule has 2 saturated heterocycles. The number of benzene rings is 2. The first-order chi connectivity index (χ1) is 14.7. The molecular formula is C24H29N3O3. The maximum atomic E-state index is 13.4. The van der Waals surface area contributed by atoms with Crippen molar-refractivity contribution in [1.29, 1.82) is 0 Å². The second-order valence-corrected chi connectivity index (χ2v) is 7.93. The van der Waals surface area contributed by atoms with E-state index in [4.69, 9.17) is 4.84 Å². The van der Waals surface area contributed by atoms with E-state index in [0.29, 0.717) is 31.7 Å². The van der Waals surface area contributed by atoms with Gasteiger partial charge in [-0.25, -0.2) is 5.48 Å². The number of nitrogens with one attached hydrogen (secondary N) is 1. The second-order valence-electron chi connectivity index (χ2n) is 7.93. The molecule has 2 aromatic rings. The summed E-state index contributed by atoms with van der Waals surface area (Å²) >= 11 is 0. The summed E-state index contributed by atoms with van der Waals surface area (Å²) in [6.45, 7) is 3.38. The Morgan fingerprint density at radius 1 is 1.10 bits per heavy atom. The number of hydrogen-bond donors (Lipinski definition) is 1. The molecular weight excluding hydrogens is 378 g/mol. The van der Waals surface area contributed by atoms with Crippen molar-refractivity contribution in [2.24, 2.45) is 0 Å². The van der Waals surface area contributed by atoms with Crippen LogP contribution in [-0.2, 0) is 9.63 Å². The van der Waals surface area contributed by atoms with Crippen molar-refractivity contribution >= 4 is 11.8 Å². The summed E-state index contributed by atoms with van der Waals surface area (Å²) in [7, 11) is 0. The quantitative estimate of drug-likeness (QED) is 0.766. The molecule has 2 aliphatic rings. The van der Waals surface area contributed by atoms with Crippen molar-refractivity contribution in [3.05, 3.63) is 60.2 Å². The number of carbonyl (C=O) groups is 2. The summed E-state index contributed by atoms with van der Waals surface area (Å²) in [5.41, 5.74) is 5.80. The first-order valence-corrected chi connectivity index (χ1v) is 10.8. The monoisotopic (exact) mass is 407 g/mol. The van der Waals surface area contributed by atoms with E-state index in [1.165, 1.54) is 0 Å². The molecule has 0 radical (unpaired) electrons. The fourth-order valence-electron chi connectivity index (χ4n) is 4.21. The van der Waals surface area contributed by atoms with Crippen LogP contribution in [-0.4, -0.2) is 60.4 Å². The van der Waals surface area contributed by atoms with Gasteiger partial charge in [0.05, 0.1) is 12.6 Å². The second kappa shape index (κ2) is 9.87. The topological polar surface area (TPSA) is 61.9 Å². The van der Waals surface area contributed by atoms with Crippen molar-refractivity contribution in [2.45, 2.75) is 31.7 Å². The zero-order chi connectivity index (χ0) is 20.8. The third kappa shape index (κ3) is 4.89. The standard InChI is InChI=1S/C24H29N3O3/c28-23-8-4-15-26(23)16-5-17-27(22-13-14-25-30-18-22)24(29)21-11-9-20(10-12-21)19-6-2-1-3-7-19/h1-3,6-7,9-12,22,25H,4-5,8,13-18H2. The summed E-state index contributed by atoms with van der Waals surface area (Å²) in [4.78, 5) is 34.5. The molecule has 0 saturated carbocycles. The third-order valence-corrected chi connectivity index (χ3v) is 5.90. The van der Waals surface area contributed by atoms with Crippen LogP contribution in [0.1, 0.15) is 36.0 Å². The lowest BCUT2D eigenvalue weighted by Gasteiger charge is -2.34. The van der Waals surface area contributed by atoms with Gasteiger partial charge in [0.1, 0.15) is 0 Å². The maximum absolute atomic E-state index is 13.4. The van der Waals surface area contributed by atoms with Gasteiger partial charge in [0.25, 0.3) is 5.91 Å². The lowest BCUT2D eigenvalue weighted by atomic mass is 10.0. The van der Waals surface area contributed by atoms with Gasteiger partial charge in [-0.2, -0.15) is 0 Å². The Kier molecular flexibility index (Phi) is 6.77. The number of amides is 2. The molecule has 0 aromatic heterocycles. The number of nitrogens with zero attached hydrogens (tertiary/aromatic N) is 2. The SMILES string of the molecule is O=C1CCCN1CCCN(C(=O)c1ccc(-c2ccccc2)cc1)C1CCNOC1. The number of rotatable bonds is 7. The molecule has 0 aliphatic carbocycles. The van der Waals surface area contributed by atoms with Gasteiger partial charge >= 0.3 is 0 Å². The molecule has 4 rings (SSSR count). The van der Waals surface area contributed by atoms with Crippen LogP contribution in [0.2, 0.25) is 0 Å². The van der Waals surface area contributed by atoms with Crippen LogP contribution in [0.15, 0.2) is 54.6 Å². The largest absolute Gasteiger partial charge is 0.343 e. The normalized spacial score (nSPS) is 19.1. The fourth-order valence-corrected chi connectivity index (χ4v) is 4.21. The van der Waals surface area contributed by atoms with E-state index in [9.17, 15) is 9.59 Å². The molecule has 6 heteroatoms. The van der Waals surface area contributed by atoms with Gasteiger partial charge in [-0.05, 0) is 42.5 Å². The Labute approximate surface area is 177 Å². The van der Waals surface area contributed by atoms with Gasteiger partial charge in [0.2, 0.25) is 5.91 Å². The lowest BCUT2D eigenvalue weighted by Crippen LogP contribution is -2.49. The van der Waals surface area contributed by atoms with Crippen LogP contribution in [0.5, 0.6) is 0 Å². The van der Waals surface area contributed by atoms with E-state index in [2.05, 4.69) is 17.6 Å². The highest BCUT2D eigenvalue weighted by molar-refractivity contribution is 5.95. The Morgan fingerprint density at radius 2 is 1.87 bits per heavy atom. The van der Waals surface area contributed by atoms with Gasteiger partial charge in [0.15, 0.2) is 0 Å². The first kappa shape index (κ1) is 20.6. The van der Waals surface area contributed by atoms with Gasteiger partial charge < -0.3 is 9.80 Å². The van der Waals surface area contributed by atoms with Gasteiger partial charge in [-0.1, -0.05) is 42.5 Å². The zero-order valence-electron chi connectivity index (χ0n) is 17.3. The molecule has 2 heterocycles. The third-order valence-electron chi connectivity index (χ3n) is 5.90. The first-order valence-electron chi connectivity index (χ1n) is 10.8. The van der Waals surface area contributed by atoms with Crippen LogP contribution >= 0.6 is 0 Å². The molecule has 2 aromatic carbocycles. The van der Waals surface area contributed by atoms with E-state index in [0.717, 1.165) is 43.5 Å². The summed E-state index contributed by atoms with van der Waals surface area (Å²) in [6, 6.07) is 18.0. The van der Waals surface area contributed by atoms with E-state index >= 15 is 0 Å². The van der Waals surface area contributed by atoms with Gasteiger partial charge in [0, 0.05) is 38.2 Å². The minimum absolute atomic E-state index is 0.0258. The Morgan fingerprint density at radius 3 is 2.53 bits per heavy atom. The molecule has 2 aliphatic heterocycles. The molecule has 1 unspecified atom stereocenters. The van der Waals surface area contributed by atoms with Gasteiger partial charge in [-0.3, -0.25) is 14.4 Å². The van der Waals surface area contributed by atoms with Crippen molar-refractivity contribution in [2.75, 3.05) is 32.8 Å². The predicted octanol–water partition coefficient (Wildman–Crippen LogP) is 3.10. The van der Waals surface area contributed by atoms with Crippen molar-refractivity contribution in [1.82, 2.24) is 15.3 Å². The molecule has 2 fully saturated rings. The van der Waals surface area contributed by atoms with Crippen molar-refractivity contribution < 1.29 is 14.4 Å². The van der Waals surface area contributed by atoms with Gasteiger partial charge in [-0.15, -0.1) is 0 Å². The predicted molar refractivity (Wildman–Crippen MR) is 116 cm³/mol. The number of hydroxylamine groups is 1. The van der Waals surface area contributed by atoms with E-state index in [-0.39, 0.29) is 17.9 Å². The Balaban J connectivity index is 1.44. The number of carbonyl (C=O) groups excluding carboxylic acids is 2. The summed E-state index contributed by atoms with van der Waals surface area (Å²) in [5.74, 6) is 0.257. The number of likely N-dealkylation sites (tertiary alicyclic amines) is 1. The summed E-state index contributed by atoms with van der Waals surface area (Å²) in [5, 5.41) is 0. The molecule has 0 bridgehead atoms. The van der Waals surface area contributed by atoms with Crippen LogP contribution in [0.4, 0.5) is 0 Å². The maximum Gasteiger partial charge on any atom is 0.254 e. The van der Waals surface area contributed by atoms with Crippen LogP contribution < -0.4 is 5.48 Å². The Bertz CT molecular complexity index is 848. The highest BCUT2D eigenvalue weighted by Crippen LogP contribution is 2.21. The molecule has 6 nitrogen and oxygen atoms in total. The summed E-state index contributed by atoms with van der Waals surface area (Å²) in [6.07, 6.45) is 3.23. The molecule has 2 amide bonds. The Hall–Kier alpha value is -2.70. The minimum atomic E-state index is 0.0258. The van der Waals surface area contributed by atoms with Crippen molar-refractivity contribution in [3.63, 3.8) is 0 Å². The fraction of sp³-hybridized carbons (Fsp3) is 0.417. The summed E-state index contributed by atoms with van der Waals surface area (Å²) < 4.78 is 0. The van der Waals surface area contributed by atoms with Crippen LogP contribution in [0.3, 0.4) is 0 Å². The smallest absolute Gasteiger partial charge is 0.254 e. The minimum Gasteiger partial charge on any atom is -0.343 e. The van der Waals surface area contributed by atoms with E-state index in [1.807, 2.05) is 52.3 Å². The highest BCUT2D eigenvalue weighted by atomic mass is 16.6. The molecule has 0 spiro atoms. The lowest BCUT2D eigenvalue weighted by molar-refractivity contribution is -0.127. The van der Waals surface area contributed by atoms with Crippen molar-refractivity contribution in [3.8, 4) is 11.1 Å². The molecule has 1 N–H and O–H groups in total.